The molecule has 0 atom stereocenters. The minimum atomic E-state index is 0. The van der Waals surface area contributed by atoms with Gasteiger partial charge in [0, 0.05) is 1.43 Å². The Labute approximate surface area is 96.0 Å². The highest BCUT2D eigenvalue weighted by atomic mass is 127. The predicted molar refractivity (Wildman–Crippen MR) is 62.0 cm³/mol. The highest BCUT2D eigenvalue weighted by molar-refractivity contribution is 14.0. The molecule has 0 saturated carbocycles. The molecule has 0 unspecified atom stereocenters. The van der Waals surface area contributed by atoms with E-state index in [1.165, 1.54) is 12.2 Å². The molecule has 0 N–H and O–H groups in total. The number of hydrogen-bond donors (Lipinski definition) is 0. The van der Waals surface area contributed by atoms with E-state index in [2.05, 4.69) is 9.98 Å². The van der Waals surface area contributed by atoms with Crippen molar-refractivity contribution < 1.29 is 11.0 Å². The van der Waals surface area contributed by atoms with Gasteiger partial charge in [-0.15, -0.1) is 24.0 Å². The van der Waals surface area contributed by atoms with E-state index < -0.39 is 0 Å². The van der Waals surface area contributed by atoms with Crippen LogP contribution in [0.15, 0.2) is 9.98 Å². The van der Waals surface area contributed by atoms with Gasteiger partial charge in [-0.3, -0.25) is 0 Å². The summed E-state index contributed by atoms with van der Waals surface area (Å²) in [7, 11) is 0. The lowest BCUT2D eigenvalue weighted by Gasteiger charge is -1.93. The molecule has 0 aliphatic carbocycles. The van der Waals surface area contributed by atoms with Gasteiger partial charge in [0.15, 0.2) is 0 Å². The van der Waals surface area contributed by atoms with Crippen LogP contribution in [0, 0.1) is 0 Å². The number of rotatable bonds is 7. The Balaban J connectivity index is -0.000000605. The van der Waals surface area contributed by atoms with Crippen molar-refractivity contribution >= 4 is 36.1 Å². The summed E-state index contributed by atoms with van der Waals surface area (Å²) >= 11 is 0. The van der Waals surface area contributed by atoms with E-state index in [0.29, 0.717) is 13.1 Å². The zero-order valence-corrected chi connectivity index (χ0v) is 9.69. The summed E-state index contributed by atoms with van der Waals surface area (Å²) < 4.78 is 0. The van der Waals surface area contributed by atoms with Crippen molar-refractivity contribution in [2.24, 2.45) is 9.98 Å². The van der Waals surface area contributed by atoms with Crippen LogP contribution in [0.3, 0.4) is 0 Å². The predicted octanol–water partition coefficient (Wildman–Crippen LogP) is 2.08. The summed E-state index contributed by atoms with van der Waals surface area (Å²) in [4.78, 5) is 26.1. The first-order chi connectivity index (χ1) is 5.91. The van der Waals surface area contributed by atoms with E-state index >= 15 is 0 Å². The smallest absolute Gasteiger partial charge is 0.211 e. The van der Waals surface area contributed by atoms with Gasteiger partial charge in [0.05, 0.1) is 13.1 Å². The van der Waals surface area contributed by atoms with Gasteiger partial charge < -0.3 is 0 Å². The summed E-state index contributed by atoms with van der Waals surface area (Å²) in [6, 6.07) is 0. The summed E-state index contributed by atoms with van der Waals surface area (Å²) in [5, 5.41) is 0. The molecule has 5 heteroatoms. The van der Waals surface area contributed by atoms with Crippen molar-refractivity contribution in [1.82, 2.24) is 0 Å². The minimum Gasteiger partial charge on any atom is -0.211 e. The lowest BCUT2D eigenvalue weighted by molar-refractivity contribution is 0.558. The molecular formula is C8H15IN2O2. The van der Waals surface area contributed by atoms with Gasteiger partial charge >= 0.3 is 0 Å². The first-order valence-electron chi connectivity index (χ1n) is 3.99. The van der Waals surface area contributed by atoms with E-state index in [4.69, 9.17) is 0 Å². The van der Waals surface area contributed by atoms with E-state index in [1.807, 2.05) is 0 Å². The molecule has 0 bridgehead atoms. The molecule has 0 amide bonds. The summed E-state index contributed by atoms with van der Waals surface area (Å²) in [5.41, 5.74) is 0. The van der Waals surface area contributed by atoms with E-state index in [9.17, 15) is 9.59 Å². The van der Waals surface area contributed by atoms with Crippen LogP contribution in [0.4, 0.5) is 0 Å². The Bertz CT molecular complexity index is 180. The molecule has 0 aromatic rings. The number of hydrogen-bond acceptors (Lipinski definition) is 4. The monoisotopic (exact) mass is 298 g/mol. The zero-order valence-electron chi connectivity index (χ0n) is 7.36. The summed E-state index contributed by atoms with van der Waals surface area (Å²) in [6.07, 6.45) is 6.80. The second kappa shape index (κ2) is 14.0. The maximum absolute atomic E-state index is 9.63. The Kier molecular flexibility index (Phi) is 16.2. The number of aliphatic imine (C=N–C) groups is 2. The molecule has 0 heterocycles. The molecule has 0 rings (SSSR count). The van der Waals surface area contributed by atoms with Gasteiger partial charge in [0.2, 0.25) is 12.2 Å². The first-order valence-corrected chi connectivity index (χ1v) is 3.99. The average Bonchev–Trinajstić information content (AvgIpc) is 2.10. The number of nitrogens with zero attached hydrogens (tertiary/aromatic N) is 2. The van der Waals surface area contributed by atoms with Crippen LogP contribution in [0.2, 0.25) is 0 Å². The minimum absolute atomic E-state index is 0. The Morgan fingerprint density at radius 3 is 1.54 bits per heavy atom. The number of carbonyl (C=O) groups excluding carboxylic acids is 2. The average molecular weight is 298 g/mol. The van der Waals surface area contributed by atoms with Crippen molar-refractivity contribution in [1.29, 1.82) is 0 Å². The van der Waals surface area contributed by atoms with E-state index in [1.54, 1.807) is 0 Å². The van der Waals surface area contributed by atoms with Crippen LogP contribution in [-0.4, -0.2) is 25.2 Å². The van der Waals surface area contributed by atoms with E-state index in [0.717, 1.165) is 25.7 Å². The molecule has 76 valence electrons. The molecule has 0 fully saturated rings. The first kappa shape index (κ1) is 15.0. The summed E-state index contributed by atoms with van der Waals surface area (Å²) in [6.45, 7) is 1.11. The molecule has 0 aliphatic rings. The SMILES string of the molecule is I.O=C=NCCCCCCN=C=O.[HH]. The topological polar surface area (TPSA) is 58.9 Å². The van der Waals surface area contributed by atoms with Crippen molar-refractivity contribution in [3.05, 3.63) is 0 Å². The number of halogens is 1. The molecule has 0 saturated heterocycles. The molecule has 0 aromatic heterocycles. The van der Waals surface area contributed by atoms with Crippen molar-refractivity contribution in [2.75, 3.05) is 13.1 Å². The second-order valence-electron chi connectivity index (χ2n) is 2.36. The molecule has 4 nitrogen and oxygen atoms in total. The van der Waals surface area contributed by atoms with Crippen LogP contribution >= 0.6 is 24.0 Å². The molecule has 0 radical (unpaired) electrons. The standard InChI is InChI=1S/C8H12N2O2.HI.H2/c11-7-9-5-3-1-2-4-6-10-8-12;;/h1-6H2;2*1H. The second-order valence-corrected chi connectivity index (χ2v) is 2.36. The third-order valence-corrected chi connectivity index (χ3v) is 1.42. The van der Waals surface area contributed by atoms with Gasteiger partial charge in [-0.05, 0) is 12.8 Å². The quantitative estimate of drug-likeness (QED) is 0.313. The highest BCUT2D eigenvalue weighted by Crippen LogP contribution is 1.99. The fraction of sp³-hybridized carbons (Fsp3) is 0.750. The highest BCUT2D eigenvalue weighted by Gasteiger charge is 1.87. The fourth-order valence-corrected chi connectivity index (χ4v) is 0.827. The van der Waals surface area contributed by atoms with Crippen LogP contribution < -0.4 is 0 Å². The Morgan fingerprint density at radius 2 is 1.23 bits per heavy atom. The van der Waals surface area contributed by atoms with Crippen molar-refractivity contribution in [2.45, 2.75) is 25.7 Å². The molecule has 0 aliphatic heterocycles. The Morgan fingerprint density at radius 1 is 0.846 bits per heavy atom. The number of unbranched alkanes of at least 4 members (excludes halogenated alkanes) is 3. The maximum atomic E-state index is 9.63. The van der Waals surface area contributed by atoms with Gasteiger partial charge in [-0.25, -0.2) is 19.6 Å². The van der Waals surface area contributed by atoms with Crippen LogP contribution in [0.25, 0.3) is 0 Å². The summed E-state index contributed by atoms with van der Waals surface area (Å²) in [5.74, 6) is 0. The lowest BCUT2D eigenvalue weighted by Crippen LogP contribution is -1.84. The lowest BCUT2D eigenvalue weighted by atomic mass is 10.2. The van der Waals surface area contributed by atoms with Crippen molar-refractivity contribution in [3.63, 3.8) is 0 Å². The van der Waals surface area contributed by atoms with Crippen LogP contribution in [-0.2, 0) is 9.59 Å². The zero-order chi connectivity index (χ0) is 9.07. The van der Waals surface area contributed by atoms with Gasteiger partial charge in [-0.1, -0.05) is 12.8 Å². The Hall–Kier alpha value is -0.510. The largest absolute Gasteiger partial charge is 0.234 e. The molecule has 0 aromatic carbocycles. The third kappa shape index (κ3) is 14.4. The maximum Gasteiger partial charge on any atom is 0.234 e. The molecule has 0 spiro atoms. The van der Waals surface area contributed by atoms with Crippen LogP contribution in [0.1, 0.15) is 27.1 Å². The van der Waals surface area contributed by atoms with E-state index in [-0.39, 0.29) is 25.4 Å². The van der Waals surface area contributed by atoms with Crippen LogP contribution in [0.5, 0.6) is 0 Å². The van der Waals surface area contributed by atoms with Crippen molar-refractivity contribution in [3.8, 4) is 0 Å². The number of isocyanates is 2. The van der Waals surface area contributed by atoms with Gasteiger partial charge in [0.1, 0.15) is 0 Å². The van der Waals surface area contributed by atoms with Gasteiger partial charge in [0.25, 0.3) is 0 Å². The van der Waals surface area contributed by atoms with Gasteiger partial charge in [-0.2, -0.15) is 0 Å². The fourth-order valence-electron chi connectivity index (χ4n) is 0.827. The molecule has 13 heavy (non-hydrogen) atoms. The third-order valence-electron chi connectivity index (χ3n) is 1.42. The normalized spacial score (nSPS) is 7.69. The molecular weight excluding hydrogens is 283 g/mol.